The fourth-order valence-corrected chi connectivity index (χ4v) is 5.69. The molecule has 4 aliphatic carbocycles. The Bertz CT molecular complexity index is 353. The molecule has 19 heavy (non-hydrogen) atoms. The smallest absolute Gasteiger partial charge is 0.226 e. The van der Waals surface area contributed by atoms with E-state index < -0.39 is 0 Å². The molecule has 0 radical (unpaired) electrons. The molecule has 0 spiro atoms. The minimum atomic E-state index is -0.283. The summed E-state index contributed by atoms with van der Waals surface area (Å²) in [7, 11) is 0. The monoisotopic (exact) mass is 263 g/mol. The second-order valence-electron chi connectivity index (χ2n) is 7.54. The Morgan fingerprint density at radius 3 is 2.21 bits per heavy atom. The summed E-state index contributed by atoms with van der Waals surface area (Å²) in [6, 6.07) is 0. The van der Waals surface area contributed by atoms with Crippen molar-refractivity contribution in [3.05, 3.63) is 0 Å². The van der Waals surface area contributed by atoms with Crippen molar-refractivity contribution in [1.82, 2.24) is 4.90 Å². The summed E-state index contributed by atoms with van der Waals surface area (Å²) < 4.78 is 0. The maximum absolute atomic E-state index is 12.8. The third-order valence-electron chi connectivity index (χ3n) is 6.22. The van der Waals surface area contributed by atoms with Crippen LogP contribution in [0.15, 0.2) is 0 Å². The van der Waals surface area contributed by atoms with Gasteiger partial charge in [0, 0.05) is 19.0 Å². The number of carbonyl (C=O) groups excluding carboxylic acids is 1. The predicted octanol–water partition coefficient (Wildman–Crippen LogP) is 2.04. The molecule has 4 bridgehead atoms. The van der Waals surface area contributed by atoms with Crippen molar-refractivity contribution in [2.24, 2.45) is 29.6 Å². The van der Waals surface area contributed by atoms with Crippen LogP contribution in [0.2, 0.25) is 0 Å². The van der Waals surface area contributed by atoms with E-state index in [1.807, 2.05) is 4.90 Å². The number of rotatable bonds is 1. The molecular formula is C16H25NO2. The van der Waals surface area contributed by atoms with E-state index in [0.29, 0.717) is 30.2 Å². The van der Waals surface area contributed by atoms with Crippen molar-refractivity contribution in [3.63, 3.8) is 0 Å². The number of aliphatic hydroxyl groups is 1. The molecule has 3 heteroatoms. The highest BCUT2D eigenvalue weighted by Gasteiger charge is 2.51. The lowest BCUT2D eigenvalue weighted by Gasteiger charge is -2.54. The van der Waals surface area contributed by atoms with Crippen molar-refractivity contribution in [2.75, 3.05) is 13.1 Å². The van der Waals surface area contributed by atoms with Crippen molar-refractivity contribution in [3.8, 4) is 0 Å². The molecule has 0 aromatic carbocycles. The molecule has 1 aliphatic heterocycles. The van der Waals surface area contributed by atoms with Crippen LogP contribution >= 0.6 is 0 Å². The average Bonchev–Trinajstić information content (AvgIpc) is 2.37. The van der Waals surface area contributed by atoms with Crippen LogP contribution in [-0.2, 0) is 4.79 Å². The number of aliphatic hydroxyl groups excluding tert-OH is 1. The highest BCUT2D eigenvalue weighted by atomic mass is 16.3. The molecule has 106 valence electrons. The van der Waals surface area contributed by atoms with Gasteiger partial charge in [-0.3, -0.25) is 4.79 Å². The molecule has 1 atom stereocenters. The van der Waals surface area contributed by atoms with Gasteiger partial charge in [-0.05, 0) is 68.6 Å². The van der Waals surface area contributed by atoms with E-state index in [9.17, 15) is 9.90 Å². The summed E-state index contributed by atoms with van der Waals surface area (Å²) >= 11 is 0. The zero-order chi connectivity index (χ0) is 13.0. The van der Waals surface area contributed by atoms with Gasteiger partial charge >= 0.3 is 0 Å². The molecule has 0 aromatic heterocycles. The number of nitrogens with zero attached hydrogens (tertiary/aromatic N) is 1. The number of piperidine rings is 1. The van der Waals surface area contributed by atoms with Gasteiger partial charge in [-0.15, -0.1) is 0 Å². The molecule has 5 rings (SSSR count). The van der Waals surface area contributed by atoms with Crippen molar-refractivity contribution >= 4 is 5.91 Å². The van der Waals surface area contributed by atoms with Crippen LogP contribution in [0.25, 0.3) is 0 Å². The van der Waals surface area contributed by atoms with Crippen molar-refractivity contribution in [1.29, 1.82) is 0 Å². The first-order valence-electron chi connectivity index (χ1n) is 8.17. The number of carbonyl (C=O) groups is 1. The zero-order valence-electron chi connectivity index (χ0n) is 11.6. The van der Waals surface area contributed by atoms with Gasteiger partial charge in [0.15, 0.2) is 0 Å². The maximum Gasteiger partial charge on any atom is 0.226 e. The van der Waals surface area contributed by atoms with Gasteiger partial charge in [-0.25, -0.2) is 0 Å². The van der Waals surface area contributed by atoms with E-state index in [0.717, 1.165) is 31.2 Å². The quantitative estimate of drug-likeness (QED) is 0.786. The average molecular weight is 263 g/mol. The molecule has 3 nitrogen and oxygen atoms in total. The van der Waals surface area contributed by atoms with E-state index in [2.05, 4.69) is 0 Å². The van der Waals surface area contributed by atoms with Gasteiger partial charge in [0.1, 0.15) is 0 Å². The zero-order valence-corrected chi connectivity index (χ0v) is 11.6. The molecular weight excluding hydrogens is 238 g/mol. The summed E-state index contributed by atoms with van der Waals surface area (Å²) in [5, 5.41) is 9.79. The third kappa shape index (κ3) is 2.01. The summed E-state index contributed by atoms with van der Waals surface area (Å²) in [5.74, 6) is 3.88. The summed E-state index contributed by atoms with van der Waals surface area (Å²) in [4.78, 5) is 14.8. The van der Waals surface area contributed by atoms with Gasteiger partial charge in [0.25, 0.3) is 0 Å². The SMILES string of the molecule is O=C(C1C2CC3CC(C2)CC1C3)N1CCC[C@H](O)C1. The van der Waals surface area contributed by atoms with Crippen LogP contribution in [0, 0.1) is 29.6 Å². The minimum absolute atomic E-state index is 0.283. The topological polar surface area (TPSA) is 40.5 Å². The van der Waals surface area contributed by atoms with Crippen LogP contribution in [0.4, 0.5) is 0 Å². The van der Waals surface area contributed by atoms with E-state index >= 15 is 0 Å². The minimum Gasteiger partial charge on any atom is -0.391 e. The molecule has 5 aliphatic rings. The Morgan fingerprint density at radius 2 is 1.63 bits per heavy atom. The van der Waals surface area contributed by atoms with Crippen LogP contribution in [-0.4, -0.2) is 35.1 Å². The van der Waals surface area contributed by atoms with Gasteiger partial charge in [0.05, 0.1) is 6.10 Å². The first kappa shape index (κ1) is 12.2. The second kappa shape index (κ2) is 4.47. The van der Waals surface area contributed by atoms with Crippen molar-refractivity contribution < 1.29 is 9.90 Å². The second-order valence-corrected chi connectivity index (χ2v) is 7.54. The Labute approximate surface area is 115 Å². The Hall–Kier alpha value is -0.570. The third-order valence-corrected chi connectivity index (χ3v) is 6.22. The van der Waals surface area contributed by atoms with E-state index in [4.69, 9.17) is 0 Å². The number of likely N-dealkylation sites (tertiary alicyclic amines) is 1. The molecule has 1 amide bonds. The first-order chi connectivity index (χ1) is 9.20. The lowest BCUT2D eigenvalue weighted by atomic mass is 9.51. The number of β-amino-alcohol motifs (C(OH)–C–C–N with tert-alkyl or cyclic N) is 1. The Kier molecular flexibility index (Phi) is 2.87. The first-order valence-corrected chi connectivity index (χ1v) is 8.17. The summed E-state index contributed by atoms with van der Waals surface area (Å²) in [6.45, 7) is 1.46. The molecule has 4 saturated carbocycles. The predicted molar refractivity (Wildman–Crippen MR) is 72.4 cm³/mol. The maximum atomic E-state index is 12.8. The van der Waals surface area contributed by atoms with Gasteiger partial charge in [0.2, 0.25) is 5.91 Å². The summed E-state index contributed by atoms with van der Waals surface area (Å²) in [5.41, 5.74) is 0. The molecule has 0 unspecified atom stereocenters. The number of hydrogen-bond donors (Lipinski definition) is 1. The number of hydrogen-bond acceptors (Lipinski definition) is 2. The van der Waals surface area contributed by atoms with Crippen LogP contribution in [0.5, 0.6) is 0 Å². The molecule has 1 N–H and O–H groups in total. The fourth-order valence-electron chi connectivity index (χ4n) is 5.69. The normalized spacial score (nSPS) is 48.6. The standard InChI is InChI=1S/C16H25NO2/c18-14-2-1-3-17(9-14)16(19)15-12-5-10-4-11(7-12)8-13(15)6-10/h10-15,18H,1-9H2/t10?,11?,12?,13?,14-,15?/m0/s1. The fraction of sp³-hybridized carbons (Fsp3) is 0.938. The van der Waals surface area contributed by atoms with Gasteiger partial charge in [-0.1, -0.05) is 0 Å². The Morgan fingerprint density at radius 1 is 1.00 bits per heavy atom. The van der Waals surface area contributed by atoms with Gasteiger partial charge < -0.3 is 10.0 Å². The largest absolute Gasteiger partial charge is 0.391 e. The Balaban J connectivity index is 1.51. The van der Waals surface area contributed by atoms with Gasteiger partial charge in [-0.2, -0.15) is 0 Å². The van der Waals surface area contributed by atoms with Crippen LogP contribution < -0.4 is 0 Å². The number of amides is 1. The van der Waals surface area contributed by atoms with E-state index in [1.165, 1.54) is 32.1 Å². The van der Waals surface area contributed by atoms with Crippen molar-refractivity contribution in [2.45, 2.75) is 51.0 Å². The molecule has 1 heterocycles. The molecule has 1 saturated heterocycles. The molecule has 5 fully saturated rings. The van der Waals surface area contributed by atoms with E-state index in [1.54, 1.807) is 0 Å². The summed E-state index contributed by atoms with van der Waals surface area (Å²) in [6.07, 6.45) is 8.22. The van der Waals surface area contributed by atoms with E-state index in [-0.39, 0.29) is 6.10 Å². The highest BCUT2D eigenvalue weighted by molar-refractivity contribution is 5.80. The lowest BCUT2D eigenvalue weighted by Crippen LogP contribution is -2.54. The van der Waals surface area contributed by atoms with Crippen LogP contribution in [0.1, 0.15) is 44.9 Å². The van der Waals surface area contributed by atoms with Crippen LogP contribution in [0.3, 0.4) is 0 Å². The lowest BCUT2D eigenvalue weighted by molar-refractivity contribution is -0.152. The highest BCUT2D eigenvalue weighted by Crippen LogP contribution is 2.56. The molecule has 0 aromatic rings.